The third-order valence-electron chi connectivity index (χ3n) is 3.38. The van der Waals surface area contributed by atoms with E-state index in [1.54, 1.807) is 0 Å². The van der Waals surface area contributed by atoms with E-state index in [0.717, 1.165) is 5.69 Å². The molecule has 2 aliphatic heterocycles. The minimum atomic E-state index is -2.87. The van der Waals surface area contributed by atoms with Gasteiger partial charge in [0, 0.05) is 13.2 Å². The summed E-state index contributed by atoms with van der Waals surface area (Å²) in [6.45, 7) is 0. The van der Waals surface area contributed by atoms with E-state index in [9.17, 15) is 8.42 Å². The number of hydrogen-bond acceptors (Lipinski definition) is 3. The van der Waals surface area contributed by atoms with Gasteiger partial charge in [-0.3, -0.25) is 0 Å². The van der Waals surface area contributed by atoms with Gasteiger partial charge in [0.2, 0.25) is 0 Å². The van der Waals surface area contributed by atoms with Crippen LogP contribution in [-0.2, 0) is 27.2 Å². The summed E-state index contributed by atoms with van der Waals surface area (Å²) in [6, 6.07) is 3.98. The Morgan fingerprint density at radius 2 is 2.40 bits per heavy atom. The highest BCUT2D eigenvalue weighted by molar-refractivity contribution is 7.91. The number of ether oxygens (including phenoxy) is 1. The van der Waals surface area contributed by atoms with Gasteiger partial charge in [-0.1, -0.05) is 0 Å². The number of aromatic nitrogens is 1. The molecular weight excluding hydrogens is 214 g/mol. The fraction of sp³-hybridized carbons (Fsp3) is 0.600. The van der Waals surface area contributed by atoms with Crippen LogP contribution in [0.5, 0.6) is 0 Å². The molecule has 1 aromatic rings. The van der Waals surface area contributed by atoms with Crippen molar-refractivity contribution >= 4 is 9.84 Å². The predicted octanol–water partition coefficient (Wildman–Crippen LogP) is 0.438. The summed E-state index contributed by atoms with van der Waals surface area (Å²) < 4.78 is 30.4. The maximum absolute atomic E-state index is 11.4. The predicted molar refractivity (Wildman–Crippen MR) is 55.2 cm³/mol. The topological polar surface area (TPSA) is 51.6 Å². The van der Waals surface area contributed by atoms with Crippen molar-refractivity contribution in [3.63, 3.8) is 0 Å². The smallest absolute Gasteiger partial charge is 0.153 e. The van der Waals surface area contributed by atoms with Crippen molar-refractivity contribution < 1.29 is 13.2 Å². The van der Waals surface area contributed by atoms with Gasteiger partial charge in [-0.15, -0.1) is 0 Å². The number of sulfone groups is 1. The van der Waals surface area contributed by atoms with Crippen molar-refractivity contribution in [3.8, 4) is 0 Å². The number of aryl methyl sites for hydroxylation is 1. The molecule has 0 unspecified atom stereocenters. The second kappa shape index (κ2) is 2.65. The van der Waals surface area contributed by atoms with Crippen molar-refractivity contribution in [2.24, 2.45) is 7.05 Å². The monoisotopic (exact) mass is 227 g/mol. The highest BCUT2D eigenvalue weighted by atomic mass is 32.2. The van der Waals surface area contributed by atoms with Gasteiger partial charge in [0.15, 0.2) is 9.84 Å². The molecule has 0 N–H and O–H groups in total. The molecule has 0 radical (unpaired) electrons. The lowest BCUT2D eigenvalue weighted by atomic mass is 9.98. The van der Waals surface area contributed by atoms with Crippen LogP contribution in [0.3, 0.4) is 0 Å². The van der Waals surface area contributed by atoms with Gasteiger partial charge in [0.1, 0.15) is 11.7 Å². The molecule has 5 heteroatoms. The minimum Gasteiger partial charge on any atom is -0.358 e. The Hall–Kier alpha value is -0.810. The quantitative estimate of drug-likeness (QED) is 0.654. The zero-order valence-corrected chi connectivity index (χ0v) is 9.33. The molecule has 82 valence electrons. The van der Waals surface area contributed by atoms with E-state index in [2.05, 4.69) is 0 Å². The van der Waals surface area contributed by atoms with Gasteiger partial charge < -0.3 is 9.30 Å². The van der Waals surface area contributed by atoms with E-state index < -0.39 is 9.84 Å². The summed E-state index contributed by atoms with van der Waals surface area (Å²) in [5.74, 6) is 0.423. The Morgan fingerprint density at radius 3 is 3.00 bits per heavy atom. The van der Waals surface area contributed by atoms with Crippen LogP contribution >= 0.6 is 0 Å². The molecule has 1 aromatic heterocycles. The van der Waals surface area contributed by atoms with E-state index in [1.165, 1.54) is 0 Å². The average molecular weight is 227 g/mol. The molecule has 0 spiro atoms. The van der Waals surface area contributed by atoms with Crippen LogP contribution in [-0.4, -0.2) is 30.6 Å². The summed E-state index contributed by atoms with van der Waals surface area (Å²) in [5, 5.41) is 0. The van der Waals surface area contributed by atoms with Crippen LogP contribution in [0.2, 0.25) is 0 Å². The maximum Gasteiger partial charge on any atom is 0.153 e. The van der Waals surface area contributed by atoms with Crippen LogP contribution in [0, 0.1) is 0 Å². The number of epoxide rings is 1. The fourth-order valence-corrected chi connectivity index (χ4v) is 4.06. The van der Waals surface area contributed by atoms with Gasteiger partial charge in [-0.2, -0.15) is 0 Å². The molecule has 4 nitrogen and oxygen atoms in total. The number of fused-ring (bicyclic) bond motifs is 1. The molecule has 0 bridgehead atoms. The van der Waals surface area contributed by atoms with Crippen molar-refractivity contribution in [3.05, 3.63) is 24.0 Å². The van der Waals surface area contributed by atoms with Crippen LogP contribution in [0.1, 0.15) is 12.1 Å². The molecule has 2 atom stereocenters. The Bertz CT molecular complexity index is 504. The summed E-state index contributed by atoms with van der Waals surface area (Å²) in [6.07, 6.45) is 2.44. The third-order valence-corrected chi connectivity index (χ3v) is 5.02. The number of rotatable bonds is 1. The summed E-state index contributed by atoms with van der Waals surface area (Å²) in [7, 11) is -0.902. The van der Waals surface area contributed by atoms with E-state index in [4.69, 9.17) is 4.74 Å². The Morgan fingerprint density at radius 1 is 1.60 bits per heavy atom. The van der Waals surface area contributed by atoms with Crippen molar-refractivity contribution in [2.75, 3.05) is 11.5 Å². The second-order valence-electron chi connectivity index (χ2n) is 4.36. The minimum absolute atomic E-state index is 0.121. The van der Waals surface area contributed by atoms with E-state index in [-0.39, 0.29) is 23.2 Å². The van der Waals surface area contributed by atoms with Crippen molar-refractivity contribution in [2.45, 2.75) is 18.1 Å². The number of nitrogens with zero attached hydrogens (tertiary/aromatic N) is 1. The van der Waals surface area contributed by atoms with Crippen molar-refractivity contribution in [1.29, 1.82) is 0 Å². The first-order valence-electron chi connectivity index (χ1n) is 5.04. The van der Waals surface area contributed by atoms with Gasteiger partial charge in [-0.25, -0.2) is 8.42 Å². The Labute approximate surface area is 88.8 Å². The number of hydrogen-bond donors (Lipinski definition) is 0. The highest BCUT2D eigenvalue weighted by Crippen LogP contribution is 2.52. The normalized spacial score (nSPS) is 37.3. The first kappa shape index (κ1) is 9.42. The first-order valence-corrected chi connectivity index (χ1v) is 6.86. The van der Waals surface area contributed by atoms with E-state index >= 15 is 0 Å². The van der Waals surface area contributed by atoms with Crippen LogP contribution in [0.4, 0.5) is 0 Å². The SMILES string of the molecule is Cn1cccc1[C@@]12CCS(=O)(=O)C[C@@H]1O2. The standard InChI is InChI=1S/C10H13NO3S/c1-11-5-2-3-8(11)10-4-6-15(12,13)7-9(10)14-10/h2-3,5,9H,4,6-7H2,1H3/t9-,10-/m0/s1. The molecule has 2 aliphatic rings. The molecule has 0 amide bonds. The molecular formula is C10H13NO3S. The largest absolute Gasteiger partial charge is 0.358 e. The zero-order valence-electron chi connectivity index (χ0n) is 8.51. The maximum atomic E-state index is 11.4. The van der Waals surface area contributed by atoms with Crippen LogP contribution in [0.25, 0.3) is 0 Å². The average Bonchev–Trinajstić information content (AvgIpc) is 2.68. The molecule has 0 aliphatic carbocycles. The molecule has 15 heavy (non-hydrogen) atoms. The molecule has 2 saturated heterocycles. The lowest BCUT2D eigenvalue weighted by molar-refractivity contribution is 0.286. The molecule has 0 aromatic carbocycles. The van der Waals surface area contributed by atoms with Crippen molar-refractivity contribution in [1.82, 2.24) is 4.57 Å². The van der Waals surface area contributed by atoms with Gasteiger partial charge >= 0.3 is 0 Å². The van der Waals surface area contributed by atoms with Gasteiger partial charge in [0.05, 0.1) is 17.2 Å². The molecule has 3 rings (SSSR count). The summed E-state index contributed by atoms with van der Waals surface area (Å²) >= 11 is 0. The lowest BCUT2D eigenvalue weighted by Crippen LogP contribution is -2.31. The fourth-order valence-electron chi connectivity index (χ4n) is 2.48. The molecule has 0 saturated carbocycles. The van der Waals surface area contributed by atoms with Gasteiger partial charge in [0.25, 0.3) is 0 Å². The second-order valence-corrected chi connectivity index (χ2v) is 6.59. The Balaban J connectivity index is 1.96. The molecule has 3 heterocycles. The van der Waals surface area contributed by atoms with E-state index in [0.29, 0.717) is 6.42 Å². The zero-order chi connectivity index (χ0) is 10.7. The van der Waals surface area contributed by atoms with E-state index in [1.807, 2.05) is 29.9 Å². The third kappa shape index (κ3) is 1.26. The summed E-state index contributed by atoms with van der Waals surface area (Å²) in [4.78, 5) is 0. The Kier molecular flexibility index (Phi) is 1.66. The molecule has 2 fully saturated rings. The first-order chi connectivity index (χ1) is 7.04. The van der Waals surface area contributed by atoms with Crippen LogP contribution in [0.15, 0.2) is 18.3 Å². The highest BCUT2D eigenvalue weighted by Gasteiger charge is 2.62. The lowest BCUT2D eigenvalue weighted by Gasteiger charge is -2.18. The summed E-state index contributed by atoms with van der Waals surface area (Å²) in [5.41, 5.74) is 0.797. The van der Waals surface area contributed by atoms with Crippen LogP contribution < -0.4 is 0 Å². The van der Waals surface area contributed by atoms with Gasteiger partial charge in [-0.05, 0) is 18.6 Å².